The second-order valence-electron chi connectivity index (χ2n) is 6.18. The Kier molecular flexibility index (Phi) is 5.09. The van der Waals surface area contributed by atoms with E-state index in [0.29, 0.717) is 12.8 Å². The average molecular weight is 310 g/mol. The van der Waals surface area contributed by atoms with Crippen LogP contribution in [0.2, 0.25) is 0 Å². The molecule has 2 aromatic rings. The Morgan fingerprint density at radius 3 is 2.61 bits per heavy atom. The molecule has 0 amide bonds. The van der Waals surface area contributed by atoms with E-state index in [9.17, 15) is 9.90 Å². The standard InChI is InChI=1S/C20H22O3/c21-20(22)18(14-19-10-5-11-23-19)13-15-6-4-9-17(12-15)16-7-2-1-3-8-16/h1-4,6-9,12,18-19H,5,10-11,13-14H2,(H,21,22). The van der Waals surface area contributed by atoms with Gasteiger partial charge in [0, 0.05) is 6.61 Å². The summed E-state index contributed by atoms with van der Waals surface area (Å²) < 4.78 is 5.60. The minimum atomic E-state index is -0.731. The Morgan fingerprint density at radius 2 is 1.91 bits per heavy atom. The first-order chi connectivity index (χ1) is 11.2. The van der Waals surface area contributed by atoms with Crippen molar-refractivity contribution in [2.45, 2.75) is 31.8 Å². The Morgan fingerprint density at radius 1 is 1.13 bits per heavy atom. The molecule has 1 aliphatic rings. The highest BCUT2D eigenvalue weighted by molar-refractivity contribution is 5.71. The molecule has 3 rings (SSSR count). The van der Waals surface area contributed by atoms with E-state index in [0.717, 1.165) is 36.1 Å². The molecule has 0 aromatic heterocycles. The topological polar surface area (TPSA) is 46.5 Å². The van der Waals surface area contributed by atoms with Gasteiger partial charge in [-0.25, -0.2) is 0 Å². The molecule has 0 spiro atoms. The molecule has 1 heterocycles. The van der Waals surface area contributed by atoms with Crippen molar-refractivity contribution in [3.8, 4) is 11.1 Å². The molecule has 0 aliphatic carbocycles. The smallest absolute Gasteiger partial charge is 0.306 e. The summed E-state index contributed by atoms with van der Waals surface area (Å²) in [6.45, 7) is 0.764. The lowest BCUT2D eigenvalue weighted by molar-refractivity contribution is -0.142. The number of hydrogen-bond acceptors (Lipinski definition) is 2. The van der Waals surface area contributed by atoms with Gasteiger partial charge in [-0.1, -0.05) is 54.6 Å². The molecule has 0 radical (unpaired) electrons. The van der Waals surface area contributed by atoms with Crippen LogP contribution in [0.15, 0.2) is 54.6 Å². The van der Waals surface area contributed by atoms with Gasteiger partial charge in [-0.15, -0.1) is 0 Å². The maximum absolute atomic E-state index is 11.6. The summed E-state index contributed by atoms with van der Waals surface area (Å²) >= 11 is 0. The van der Waals surface area contributed by atoms with Crippen LogP contribution in [0.1, 0.15) is 24.8 Å². The Hall–Kier alpha value is -2.13. The summed E-state index contributed by atoms with van der Waals surface area (Å²) in [5.74, 6) is -1.12. The van der Waals surface area contributed by atoms with E-state index in [1.165, 1.54) is 0 Å². The third kappa shape index (κ3) is 4.20. The van der Waals surface area contributed by atoms with Gasteiger partial charge in [0.25, 0.3) is 0 Å². The fourth-order valence-electron chi connectivity index (χ4n) is 3.21. The van der Waals surface area contributed by atoms with Crippen molar-refractivity contribution in [1.29, 1.82) is 0 Å². The first-order valence-electron chi connectivity index (χ1n) is 8.21. The van der Waals surface area contributed by atoms with Crippen LogP contribution in [0, 0.1) is 5.92 Å². The normalized spacial score (nSPS) is 18.7. The lowest BCUT2D eigenvalue weighted by Gasteiger charge is -2.17. The van der Waals surface area contributed by atoms with Gasteiger partial charge in [0.05, 0.1) is 12.0 Å². The lowest BCUT2D eigenvalue weighted by Crippen LogP contribution is -2.22. The van der Waals surface area contributed by atoms with Crippen LogP contribution in [-0.4, -0.2) is 23.8 Å². The van der Waals surface area contributed by atoms with Gasteiger partial charge in [-0.2, -0.15) is 0 Å². The number of carbonyl (C=O) groups is 1. The molecule has 2 atom stereocenters. The Bertz CT molecular complexity index is 645. The number of aliphatic carboxylic acids is 1. The van der Waals surface area contributed by atoms with E-state index in [-0.39, 0.29) is 12.0 Å². The van der Waals surface area contributed by atoms with E-state index in [1.807, 2.05) is 30.3 Å². The first kappa shape index (κ1) is 15.8. The van der Waals surface area contributed by atoms with Gasteiger partial charge in [0.15, 0.2) is 0 Å². The Balaban J connectivity index is 1.73. The molecule has 1 saturated heterocycles. The summed E-state index contributed by atoms with van der Waals surface area (Å²) in [6, 6.07) is 18.3. The van der Waals surface area contributed by atoms with Crippen molar-refractivity contribution in [2.24, 2.45) is 5.92 Å². The molecular weight excluding hydrogens is 288 g/mol. The van der Waals surface area contributed by atoms with Crippen LogP contribution in [0.25, 0.3) is 11.1 Å². The number of carboxylic acids is 1. The summed E-state index contributed by atoms with van der Waals surface area (Å²) in [7, 11) is 0. The number of benzene rings is 2. The van der Waals surface area contributed by atoms with E-state index in [2.05, 4.69) is 24.3 Å². The molecule has 1 aliphatic heterocycles. The second-order valence-corrected chi connectivity index (χ2v) is 6.18. The van der Waals surface area contributed by atoms with Crippen molar-refractivity contribution in [2.75, 3.05) is 6.61 Å². The summed E-state index contributed by atoms with van der Waals surface area (Å²) in [6.07, 6.45) is 3.28. The highest BCUT2D eigenvalue weighted by Gasteiger charge is 2.25. The molecule has 0 bridgehead atoms. The highest BCUT2D eigenvalue weighted by Crippen LogP contribution is 2.25. The van der Waals surface area contributed by atoms with Crippen molar-refractivity contribution < 1.29 is 14.6 Å². The van der Waals surface area contributed by atoms with Crippen LogP contribution >= 0.6 is 0 Å². The zero-order chi connectivity index (χ0) is 16.1. The SMILES string of the molecule is O=C(O)C(Cc1cccc(-c2ccccc2)c1)CC1CCCO1. The quantitative estimate of drug-likeness (QED) is 0.871. The average Bonchev–Trinajstić information content (AvgIpc) is 3.08. The van der Waals surface area contributed by atoms with Crippen molar-refractivity contribution >= 4 is 5.97 Å². The predicted molar refractivity (Wildman–Crippen MR) is 90.3 cm³/mol. The zero-order valence-electron chi connectivity index (χ0n) is 13.2. The van der Waals surface area contributed by atoms with Crippen LogP contribution in [0.5, 0.6) is 0 Å². The molecule has 23 heavy (non-hydrogen) atoms. The molecule has 3 nitrogen and oxygen atoms in total. The largest absolute Gasteiger partial charge is 0.481 e. The van der Waals surface area contributed by atoms with E-state index < -0.39 is 5.97 Å². The molecule has 1 fully saturated rings. The maximum Gasteiger partial charge on any atom is 0.306 e. The number of ether oxygens (including phenoxy) is 1. The van der Waals surface area contributed by atoms with Crippen LogP contribution < -0.4 is 0 Å². The van der Waals surface area contributed by atoms with Gasteiger partial charge >= 0.3 is 5.97 Å². The lowest BCUT2D eigenvalue weighted by atomic mass is 9.91. The third-order valence-electron chi connectivity index (χ3n) is 4.44. The monoisotopic (exact) mass is 310 g/mol. The van der Waals surface area contributed by atoms with Gasteiger partial charge in [0.1, 0.15) is 0 Å². The minimum absolute atomic E-state index is 0.105. The number of carboxylic acid groups (broad SMARTS) is 1. The van der Waals surface area contributed by atoms with Crippen LogP contribution in [0.3, 0.4) is 0 Å². The third-order valence-corrected chi connectivity index (χ3v) is 4.44. The van der Waals surface area contributed by atoms with E-state index >= 15 is 0 Å². The number of rotatable bonds is 6. The maximum atomic E-state index is 11.6. The molecule has 120 valence electrons. The van der Waals surface area contributed by atoms with Crippen LogP contribution in [-0.2, 0) is 16.0 Å². The van der Waals surface area contributed by atoms with Gasteiger partial charge < -0.3 is 9.84 Å². The molecule has 2 aromatic carbocycles. The highest BCUT2D eigenvalue weighted by atomic mass is 16.5. The minimum Gasteiger partial charge on any atom is -0.481 e. The van der Waals surface area contributed by atoms with E-state index in [1.54, 1.807) is 0 Å². The van der Waals surface area contributed by atoms with E-state index in [4.69, 9.17) is 4.74 Å². The van der Waals surface area contributed by atoms with Gasteiger partial charge in [-0.05, 0) is 42.4 Å². The van der Waals surface area contributed by atoms with Gasteiger partial charge in [-0.3, -0.25) is 4.79 Å². The summed E-state index contributed by atoms with van der Waals surface area (Å²) in [4.78, 5) is 11.6. The molecule has 2 unspecified atom stereocenters. The predicted octanol–water partition coefficient (Wildman–Crippen LogP) is 4.17. The second kappa shape index (κ2) is 7.42. The summed E-state index contributed by atoms with van der Waals surface area (Å²) in [5.41, 5.74) is 3.35. The fraction of sp³-hybridized carbons (Fsp3) is 0.350. The first-order valence-corrected chi connectivity index (χ1v) is 8.21. The van der Waals surface area contributed by atoms with Crippen molar-refractivity contribution in [1.82, 2.24) is 0 Å². The van der Waals surface area contributed by atoms with Gasteiger partial charge in [0.2, 0.25) is 0 Å². The molecule has 0 saturated carbocycles. The Labute approximate surface area is 136 Å². The fourth-order valence-corrected chi connectivity index (χ4v) is 3.21. The molecule has 1 N–H and O–H groups in total. The summed E-state index contributed by atoms with van der Waals surface area (Å²) in [5, 5.41) is 9.53. The molecule has 3 heteroatoms. The van der Waals surface area contributed by atoms with Crippen molar-refractivity contribution in [3.63, 3.8) is 0 Å². The van der Waals surface area contributed by atoms with Crippen LogP contribution in [0.4, 0.5) is 0 Å². The van der Waals surface area contributed by atoms with Crippen molar-refractivity contribution in [3.05, 3.63) is 60.2 Å². The zero-order valence-corrected chi connectivity index (χ0v) is 13.2. The molecular formula is C20H22O3. The number of hydrogen-bond donors (Lipinski definition) is 1.